The number of aliphatic hydroxyl groups is 1. The monoisotopic (exact) mass is 272 g/mol. The van der Waals surface area contributed by atoms with Crippen LogP contribution in [-0.4, -0.2) is 41.7 Å². The third-order valence-corrected chi connectivity index (χ3v) is 2.81. The molecule has 2 atom stereocenters. The highest BCUT2D eigenvalue weighted by molar-refractivity contribution is 5.85. The summed E-state index contributed by atoms with van der Waals surface area (Å²) in [6, 6.07) is 9.41. The summed E-state index contributed by atoms with van der Waals surface area (Å²) in [5, 5.41) is 9.88. The van der Waals surface area contributed by atoms with Gasteiger partial charge >= 0.3 is 0 Å². The summed E-state index contributed by atoms with van der Waals surface area (Å²) in [4.78, 5) is 12.5. The van der Waals surface area contributed by atoms with E-state index < -0.39 is 6.10 Å². The van der Waals surface area contributed by atoms with E-state index >= 15 is 0 Å². The maximum atomic E-state index is 11.0. The molecule has 0 heterocycles. The average molecular weight is 273 g/mol. The molecule has 0 saturated heterocycles. The number of carbonyl (C=O) groups is 1. The molecule has 18 heavy (non-hydrogen) atoms. The minimum absolute atomic E-state index is 0. The fraction of sp³-hybridized carbons (Fsp3) is 0.462. The molecule has 0 bridgehead atoms. The highest BCUT2D eigenvalue weighted by Gasteiger charge is 2.18. The second-order valence-electron chi connectivity index (χ2n) is 4.32. The molecule has 0 spiro atoms. The largest absolute Gasteiger partial charge is 0.390 e. The molecule has 0 radical (unpaired) electrons. The number of nitrogens with two attached hydrogens (primary N) is 1. The van der Waals surface area contributed by atoms with Gasteiger partial charge in [-0.25, -0.2) is 0 Å². The molecular weight excluding hydrogens is 252 g/mol. The van der Waals surface area contributed by atoms with Crippen molar-refractivity contribution in [2.24, 2.45) is 5.73 Å². The molecule has 0 saturated carbocycles. The van der Waals surface area contributed by atoms with E-state index in [0.717, 1.165) is 5.56 Å². The lowest BCUT2D eigenvalue weighted by atomic mass is 10.0. The van der Waals surface area contributed by atoms with Crippen LogP contribution < -0.4 is 5.73 Å². The topological polar surface area (TPSA) is 66.6 Å². The van der Waals surface area contributed by atoms with E-state index in [0.29, 0.717) is 6.42 Å². The zero-order valence-electron chi connectivity index (χ0n) is 10.7. The summed E-state index contributed by atoms with van der Waals surface area (Å²) in [6.45, 7) is 1.73. The minimum atomic E-state index is -0.705. The molecule has 0 unspecified atom stereocenters. The number of halogens is 1. The van der Waals surface area contributed by atoms with Gasteiger partial charge in [-0.15, -0.1) is 12.4 Å². The molecule has 0 aliphatic rings. The Hall–Kier alpha value is -1.10. The van der Waals surface area contributed by atoms with Crippen molar-refractivity contribution in [3.05, 3.63) is 35.9 Å². The number of carbonyl (C=O) groups excluding carboxylic acids is 1. The van der Waals surface area contributed by atoms with Crippen LogP contribution in [0, 0.1) is 0 Å². The highest BCUT2D eigenvalue weighted by Crippen LogP contribution is 2.05. The maximum absolute atomic E-state index is 11.0. The summed E-state index contributed by atoms with van der Waals surface area (Å²) < 4.78 is 0. The standard InChI is InChI=1S/C13H20N2O2.ClH/c1-10(16)15(2)9-13(17)12(14)8-11-6-4-3-5-7-11;/h3-7,12-13,17H,8-9,14H2,1-2H3;1H/t12-,13+;/m1./s1. The van der Waals surface area contributed by atoms with Crippen molar-refractivity contribution in [2.75, 3.05) is 13.6 Å². The Bertz CT molecular complexity index is 359. The SMILES string of the molecule is CC(=O)N(C)C[C@H](O)[C@H](N)Cc1ccccc1.Cl. The molecule has 1 rings (SSSR count). The first kappa shape index (κ1) is 16.9. The van der Waals surface area contributed by atoms with Gasteiger partial charge in [0, 0.05) is 26.6 Å². The van der Waals surface area contributed by atoms with E-state index in [9.17, 15) is 9.90 Å². The first-order valence-electron chi connectivity index (χ1n) is 5.70. The normalized spacial score (nSPS) is 13.3. The predicted molar refractivity (Wildman–Crippen MR) is 74.7 cm³/mol. The van der Waals surface area contributed by atoms with E-state index in [4.69, 9.17) is 5.73 Å². The van der Waals surface area contributed by atoms with Crippen molar-refractivity contribution in [1.29, 1.82) is 0 Å². The molecule has 0 aliphatic carbocycles. The number of hydrogen-bond acceptors (Lipinski definition) is 3. The summed E-state index contributed by atoms with van der Waals surface area (Å²) in [5.41, 5.74) is 7.00. The fourth-order valence-electron chi connectivity index (χ4n) is 1.57. The number of rotatable bonds is 5. The molecule has 1 amide bonds. The third kappa shape index (κ3) is 5.49. The van der Waals surface area contributed by atoms with E-state index in [1.165, 1.54) is 11.8 Å². The zero-order valence-corrected chi connectivity index (χ0v) is 11.6. The zero-order chi connectivity index (χ0) is 12.8. The van der Waals surface area contributed by atoms with Crippen LogP contribution in [0.5, 0.6) is 0 Å². The van der Waals surface area contributed by atoms with Crippen molar-refractivity contribution in [1.82, 2.24) is 4.90 Å². The van der Waals surface area contributed by atoms with E-state index in [1.54, 1.807) is 7.05 Å². The number of hydrogen-bond donors (Lipinski definition) is 2. The van der Waals surface area contributed by atoms with Crippen LogP contribution in [0.4, 0.5) is 0 Å². The Balaban J connectivity index is 0.00000289. The summed E-state index contributed by atoms with van der Waals surface area (Å²) in [6.07, 6.45) is -0.0996. The van der Waals surface area contributed by atoms with Gasteiger partial charge in [-0.2, -0.15) is 0 Å². The summed E-state index contributed by atoms with van der Waals surface area (Å²) in [5.74, 6) is -0.0732. The lowest BCUT2D eigenvalue weighted by molar-refractivity contribution is -0.128. The average Bonchev–Trinajstić information content (AvgIpc) is 2.29. The minimum Gasteiger partial charge on any atom is -0.390 e. The van der Waals surface area contributed by atoms with Gasteiger partial charge in [0.2, 0.25) is 5.91 Å². The molecule has 5 heteroatoms. The van der Waals surface area contributed by atoms with Gasteiger partial charge in [0.15, 0.2) is 0 Å². The van der Waals surface area contributed by atoms with Crippen LogP contribution >= 0.6 is 12.4 Å². The number of aliphatic hydroxyl groups excluding tert-OH is 1. The molecule has 3 N–H and O–H groups in total. The van der Waals surface area contributed by atoms with Crippen LogP contribution in [0.25, 0.3) is 0 Å². The smallest absolute Gasteiger partial charge is 0.219 e. The van der Waals surface area contributed by atoms with Crippen LogP contribution in [0.1, 0.15) is 12.5 Å². The first-order chi connectivity index (χ1) is 8.00. The molecule has 1 aromatic rings. The van der Waals surface area contributed by atoms with E-state index in [-0.39, 0.29) is 30.9 Å². The third-order valence-electron chi connectivity index (χ3n) is 2.81. The maximum Gasteiger partial charge on any atom is 0.219 e. The van der Waals surface area contributed by atoms with Crippen LogP contribution in [-0.2, 0) is 11.2 Å². The van der Waals surface area contributed by atoms with Crippen molar-refractivity contribution in [3.8, 4) is 0 Å². The van der Waals surface area contributed by atoms with Crippen LogP contribution in [0.3, 0.4) is 0 Å². The molecule has 102 valence electrons. The molecular formula is C13H21ClN2O2. The van der Waals surface area contributed by atoms with Gasteiger partial charge in [-0.1, -0.05) is 30.3 Å². The van der Waals surface area contributed by atoms with Gasteiger partial charge in [-0.3, -0.25) is 4.79 Å². The lowest BCUT2D eigenvalue weighted by Gasteiger charge is -2.24. The van der Waals surface area contributed by atoms with Gasteiger partial charge in [0.25, 0.3) is 0 Å². The van der Waals surface area contributed by atoms with E-state index in [2.05, 4.69) is 0 Å². The number of benzene rings is 1. The number of likely N-dealkylation sites (N-methyl/N-ethyl adjacent to an activating group) is 1. The highest BCUT2D eigenvalue weighted by atomic mass is 35.5. The van der Waals surface area contributed by atoms with Crippen LogP contribution in [0.2, 0.25) is 0 Å². The second-order valence-corrected chi connectivity index (χ2v) is 4.32. The first-order valence-corrected chi connectivity index (χ1v) is 5.70. The molecule has 0 aromatic heterocycles. The van der Waals surface area contributed by atoms with Gasteiger partial charge < -0.3 is 15.7 Å². The Morgan fingerprint density at radius 2 is 1.94 bits per heavy atom. The van der Waals surface area contributed by atoms with Gasteiger partial charge in [-0.05, 0) is 12.0 Å². The van der Waals surface area contributed by atoms with Crippen LogP contribution in [0.15, 0.2) is 30.3 Å². The molecule has 0 fully saturated rings. The Morgan fingerprint density at radius 1 is 1.39 bits per heavy atom. The van der Waals surface area contributed by atoms with Crippen molar-refractivity contribution >= 4 is 18.3 Å². The Labute approximate surface area is 114 Å². The number of amides is 1. The molecule has 4 nitrogen and oxygen atoms in total. The molecule has 0 aliphatic heterocycles. The number of nitrogens with zero attached hydrogens (tertiary/aromatic N) is 1. The quantitative estimate of drug-likeness (QED) is 0.834. The van der Waals surface area contributed by atoms with Crippen molar-refractivity contribution in [2.45, 2.75) is 25.5 Å². The summed E-state index contributed by atoms with van der Waals surface area (Å²) in [7, 11) is 1.65. The second kappa shape index (κ2) is 8.08. The fourth-order valence-corrected chi connectivity index (χ4v) is 1.57. The van der Waals surface area contributed by atoms with Gasteiger partial charge in [0.1, 0.15) is 0 Å². The van der Waals surface area contributed by atoms with E-state index in [1.807, 2.05) is 30.3 Å². The Morgan fingerprint density at radius 3 is 2.44 bits per heavy atom. The molecule has 1 aromatic carbocycles. The predicted octanol–water partition coefficient (Wildman–Crippen LogP) is 0.817. The van der Waals surface area contributed by atoms with Crippen molar-refractivity contribution < 1.29 is 9.90 Å². The Kier molecular flexibility index (Phi) is 7.59. The van der Waals surface area contributed by atoms with Gasteiger partial charge in [0.05, 0.1) is 6.10 Å². The lowest BCUT2D eigenvalue weighted by Crippen LogP contribution is -2.44. The summed E-state index contributed by atoms with van der Waals surface area (Å²) >= 11 is 0. The van der Waals surface area contributed by atoms with Crippen molar-refractivity contribution in [3.63, 3.8) is 0 Å².